The lowest BCUT2D eigenvalue weighted by Crippen LogP contribution is -2.44. The van der Waals surface area contributed by atoms with Gasteiger partial charge in [0.15, 0.2) is 0 Å². The number of rotatable bonds is 6. The van der Waals surface area contributed by atoms with Crippen molar-refractivity contribution in [3.63, 3.8) is 0 Å². The van der Waals surface area contributed by atoms with Crippen LogP contribution in [0.3, 0.4) is 0 Å². The molecule has 132 valence electrons. The van der Waals surface area contributed by atoms with E-state index in [4.69, 9.17) is 9.15 Å². The first-order chi connectivity index (χ1) is 11.6. The summed E-state index contributed by atoms with van der Waals surface area (Å²) in [7, 11) is 0. The molecular formula is C18H27N3O3. The molecule has 1 atom stereocenters. The molecule has 3 rings (SSSR count). The predicted octanol–water partition coefficient (Wildman–Crippen LogP) is 1.82. The van der Waals surface area contributed by atoms with E-state index in [0.717, 1.165) is 50.6 Å². The second kappa shape index (κ2) is 7.94. The fourth-order valence-corrected chi connectivity index (χ4v) is 3.42. The minimum atomic E-state index is -0.00837. The second-order valence-corrected chi connectivity index (χ2v) is 6.65. The number of oxazole rings is 1. The Morgan fingerprint density at radius 1 is 1.33 bits per heavy atom. The molecule has 2 aliphatic heterocycles. The van der Waals surface area contributed by atoms with Crippen molar-refractivity contribution in [1.82, 2.24) is 15.2 Å². The summed E-state index contributed by atoms with van der Waals surface area (Å²) in [5, 5.41) is 3.38. The normalized spacial score (nSPS) is 19.8. The first kappa shape index (κ1) is 17.2. The molecule has 6 nitrogen and oxygen atoms in total. The fourth-order valence-electron chi connectivity index (χ4n) is 3.42. The molecule has 0 radical (unpaired) electrons. The number of nitrogens with zero attached hydrogens (tertiary/aromatic N) is 2. The highest BCUT2D eigenvalue weighted by atomic mass is 16.5. The molecule has 0 bridgehead atoms. The van der Waals surface area contributed by atoms with Crippen molar-refractivity contribution in [3.8, 4) is 0 Å². The topological polar surface area (TPSA) is 67.6 Å². The molecule has 1 unspecified atom stereocenters. The summed E-state index contributed by atoms with van der Waals surface area (Å²) < 4.78 is 11.1. The Morgan fingerprint density at radius 2 is 2.04 bits per heavy atom. The molecule has 6 heteroatoms. The zero-order chi connectivity index (χ0) is 16.9. The van der Waals surface area contributed by atoms with Crippen LogP contribution in [0.2, 0.25) is 0 Å². The number of aryl methyl sites for hydroxylation is 2. The van der Waals surface area contributed by atoms with E-state index in [-0.39, 0.29) is 11.8 Å². The zero-order valence-electron chi connectivity index (χ0n) is 14.6. The van der Waals surface area contributed by atoms with Crippen molar-refractivity contribution < 1.29 is 13.9 Å². The summed E-state index contributed by atoms with van der Waals surface area (Å²) in [5.74, 6) is 2.16. The molecule has 2 aliphatic rings. The Balaban J connectivity index is 1.59. The minimum Gasteiger partial charge on any atom is -0.444 e. The van der Waals surface area contributed by atoms with Crippen molar-refractivity contribution in [3.05, 3.63) is 29.5 Å². The first-order valence-corrected chi connectivity index (χ1v) is 8.80. The molecule has 1 aromatic heterocycles. The summed E-state index contributed by atoms with van der Waals surface area (Å²) in [6, 6.07) is 0. The summed E-state index contributed by atoms with van der Waals surface area (Å²) in [6.07, 6.45) is 6.03. The third-order valence-corrected chi connectivity index (χ3v) is 5.00. The minimum absolute atomic E-state index is 0.00837. The van der Waals surface area contributed by atoms with Gasteiger partial charge in [0.1, 0.15) is 5.76 Å². The molecule has 1 fully saturated rings. The summed E-state index contributed by atoms with van der Waals surface area (Å²) in [6.45, 7) is 8.04. The van der Waals surface area contributed by atoms with E-state index >= 15 is 0 Å². The monoisotopic (exact) mass is 333 g/mol. The maximum Gasteiger partial charge on any atom is 0.227 e. The van der Waals surface area contributed by atoms with Crippen LogP contribution >= 0.6 is 0 Å². The van der Waals surface area contributed by atoms with E-state index in [0.29, 0.717) is 24.9 Å². The van der Waals surface area contributed by atoms with Gasteiger partial charge in [-0.2, -0.15) is 0 Å². The number of carbonyl (C=O) groups excluding carboxylic acids is 1. The van der Waals surface area contributed by atoms with E-state index in [1.807, 2.05) is 18.7 Å². The van der Waals surface area contributed by atoms with Crippen molar-refractivity contribution >= 4 is 5.91 Å². The van der Waals surface area contributed by atoms with Gasteiger partial charge in [0.05, 0.1) is 18.2 Å². The highest BCUT2D eigenvalue weighted by molar-refractivity contribution is 5.80. The lowest BCUT2D eigenvalue weighted by atomic mass is 9.85. The maximum atomic E-state index is 12.9. The molecule has 1 saturated heterocycles. The SMILES string of the molecule is Cc1nc(CNCC(C(=O)N2CC=CC2)C2CCOCC2)oc1C. The van der Waals surface area contributed by atoms with Crippen LogP contribution in [-0.2, 0) is 16.1 Å². The van der Waals surface area contributed by atoms with Crippen LogP contribution in [0.1, 0.15) is 30.2 Å². The molecule has 0 aliphatic carbocycles. The lowest BCUT2D eigenvalue weighted by Gasteiger charge is -2.32. The third kappa shape index (κ3) is 4.05. The smallest absolute Gasteiger partial charge is 0.227 e. The van der Waals surface area contributed by atoms with Crippen LogP contribution in [0.5, 0.6) is 0 Å². The summed E-state index contributed by atoms with van der Waals surface area (Å²) in [4.78, 5) is 19.2. The summed E-state index contributed by atoms with van der Waals surface area (Å²) in [5.41, 5.74) is 0.923. The van der Waals surface area contributed by atoms with Gasteiger partial charge >= 0.3 is 0 Å². The van der Waals surface area contributed by atoms with Gasteiger partial charge in [0.25, 0.3) is 0 Å². The molecule has 1 aromatic rings. The Labute approximate surface area is 143 Å². The van der Waals surface area contributed by atoms with Gasteiger partial charge in [-0.3, -0.25) is 4.79 Å². The number of aromatic nitrogens is 1. The van der Waals surface area contributed by atoms with Crippen LogP contribution in [0, 0.1) is 25.7 Å². The van der Waals surface area contributed by atoms with Crippen molar-refractivity contribution in [1.29, 1.82) is 0 Å². The van der Waals surface area contributed by atoms with Crippen molar-refractivity contribution in [2.45, 2.75) is 33.2 Å². The van der Waals surface area contributed by atoms with E-state index < -0.39 is 0 Å². The number of amides is 1. The molecule has 24 heavy (non-hydrogen) atoms. The Kier molecular flexibility index (Phi) is 5.68. The average Bonchev–Trinajstić information content (AvgIpc) is 3.23. The Hall–Kier alpha value is -1.66. The largest absolute Gasteiger partial charge is 0.444 e. The van der Waals surface area contributed by atoms with Gasteiger partial charge in [-0.05, 0) is 32.6 Å². The number of hydrogen-bond donors (Lipinski definition) is 1. The van der Waals surface area contributed by atoms with Gasteiger partial charge < -0.3 is 19.4 Å². The number of ether oxygens (including phenoxy) is 1. The second-order valence-electron chi connectivity index (χ2n) is 6.65. The van der Waals surface area contributed by atoms with Gasteiger partial charge in [-0.15, -0.1) is 0 Å². The first-order valence-electron chi connectivity index (χ1n) is 8.80. The standard InChI is InChI=1S/C18H27N3O3/c1-13-14(2)24-17(20-13)12-19-11-16(15-5-9-23-10-6-15)18(22)21-7-3-4-8-21/h3-4,15-16,19H,5-12H2,1-2H3. The van der Waals surface area contributed by atoms with E-state index in [1.54, 1.807) is 0 Å². The van der Waals surface area contributed by atoms with E-state index in [1.165, 1.54) is 0 Å². The van der Waals surface area contributed by atoms with Crippen LogP contribution in [-0.4, -0.2) is 48.6 Å². The Bertz CT molecular complexity index is 563. The molecule has 3 heterocycles. The average molecular weight is 333 g/mol. The number of hydrogen-bond acceptors (Lipinski definition) is 5. The van der Waals surface area contributed by atoms with Crippen molar-refractivity contribution in [2.24, 2.45) is 11.8 Å². The quantitative estimate of drug-likeness (QED) is 0.805. The number of nitrogens with one attached hydrogen (secondary N) is 1. The molecule has 0 saturated carbocycles. The molecular weight excluding hydrogens is 306 g/mol. The maximum absolute atomic E-state index is 12.9. The Morgan fingerprint density at radius 3 is 2.67 bits per heavy atom. The van der Waals surface area contributed by atoms with Gasteiger partial charge in [-0.25, -0.2) is 4.98 Å². The van der Waals surface area contributed by atoms with Gasteiger partial charge in [0.2, 0.25) is 11.8 Å². The highest BCUT2D eigenvalue weighted by Crippen LogP contribution is 2.26. The van der Waals surface area contributed by atoms with Crippen LogP contribution in [0.25, 0.3) is 0 Å². The zero-order valence-corrected chi connectivity index (χ0v) is 14.6. The van der Waals surface area contributed by atoms with E-state index in [9.17, 15) is 4.79 Å². The highest BCUT2D eigenvalue weighted by Gasteiger charge is 2.32. The van der Waals surface area contributed by atoms with Gasteiger partial charge in [0, 0.05) is 32.8 Å². The lowest BCUT2D eigenvalue weighted by molar-refractivity contribution is -0.137. The third-order valence-electron chi connectivity index (χ3n) is 5.00. The molecule has 1 N–H and O–H groups in total. The van der Waals surface area contributed by atoms with Crippen LogP contribution in [0.4, 0.5) is 0 Å². The molecule has 0 spiro atoms. The summed E-state index contributed by atoms with van der Waals surface area (Å²) >= 11 is 0. The van der Waals surface area contributed by atoms with Crippen molar-refractivity contribution in [2.75, 3.05) is 32.8 Å². The van der Waals surface area contributed by atoms with Gasteiger partial charge in [-0.1, -0.05) is 12.2 Å². The molecule has 0 aromatic carbocycles. The predicted molar refractivity (Wildman–Crippen MR) is 90.4 cm³/mol. The van der Waals surface area contributed by atoms with Crippen LogP contribution in [0.15, 0.2) is 16.6 Å². The van der Waals surface area contributed by atoms with Crippen LogP contribution < -0.4 is 5.32 Å². The fraction of sp³-hybridized carbons (Fsp3) is 0.667. The number of carbonyl (C=O) groups is 1. The van der Waals surface area contributed by atoms with E-state index in [2.05, 4.69) is 22.5 Å². The molecule has 1 amide bonds.